The maximum absolute atomic E-state index is 9.37. The molecule has 44 heavy (non-hydrogen) atoms. The molecule has 2 aromatic heterocycles. The minimum absolute atomic E-state index is 0.221. The Kier molecular flexibility index (Phi) is 5.82. The standard InChI is InChI=1S/C40H27N3O/c1-40(2)33-7-3-4-8-36(33)44-37-18-16-29(23-34(37)40)31-20-30(26-11-9-25(24-41)10-12-26)21-32(22-31)35-17-15-28-14-13-27-6-5-19-42-38(27)39(28)43-35/h3-23H,1-2H3. The molecule has 7 aromatic rings. The van der Waals surface area contributed by atoms with Crippen molar-refractivity contribution in [2.45, 2.75) is 19.3 Å². The number of aromatic nitrogens is 2. The van der Waals surface area contributed by atoms with E-state index >= 15 is 0 Å². The summed E-state index contributed by atoms with van der Waals surface area (Å²) in [5.74, 6) is 1.80. The summed E-state index contributed by atoms with van der Waals surface area (Å²) in [6.07, 6.45) is 1.82. The summed E-state index contributed by atoms with van der Waals surface area (Å²) in [7, 11) is 0. The molecule has 0 fully saturated rings. The van der Waals surface area contributed by atoms with E-state index in [1.165, 1.54) is 5.56 Å². The highest BCUT2D eigenvalue weighted by molar-refractivity contribution is 6.03. The van der Waals surface area contributed by atoms with Gasteiger partial charge in [-0.25, -0.2) is 4.98 Å². The molecule has 208 valence electrons. The van der Waals surface area contributed by atoms with Crippen LogP contribution in [0.4, 0.5) is 0 Å². The van der Waals surface area contributed by atoms with Crippen molar-refractivity contribution in [2.75, 3.05) is 0 Å². The van der Waals surface area contributed by atoms with Gasteiger partial charge in [-0.15, -0.1) is 0 Å². The normalized spacial score (nSPS) is 13.1. The van der Waals surface area contributed by atoms with E-state index in [0.717, 1.165) is 72.4 Å². The highest BCUT2D eigenvalue weighted by Crippen LogP contribution is 2.49. The summed E-state index contributed by atoms with van der Waals surface area (Å²) < 4.78 is 6.35. The van der Waals surface area contributed by atoms with Gasteiger partial charge in [0.05, 0.1) is 28.4 Å². The number of fused-ring (bicyclic) bond motifs is 5. The molecule has 0 radical (unpaired) electrons. The molecular formula is C40H27N3O. The molecule has 0 saturated heterocycles. The highest BCUT2D eigenvalue weighted by Gasteiger charge is 2.34. The number of benzene rings is 5. The van der Waals surface area contributed by atoms with Crippen LogP contribution in [-0.2, 0) is 5.41 Å². The van der Waals surface area contributed by atoms with E-state index in [0.29, 0.717) is 5.56 Å². The Morgan fingerprint density at radius 2 is 1.27 bits per heavy atom. The third-order valence-electron chi connectivity index (χ3n) is 8.77. The van der Waals surface area contributed by atoms with Crippen LogP contribution in [0.3, 0.4) is 0 Å². The zero-order valence-electron chi connectivity index (χ0n) is 24.4. The van der Waals surface area contributed by atoms with Crippen molar-refractivity contribution in [1.82, 2.24) is 9.97 Å². The summed E-state index contributed by atoms with van der Waals surface area (Å²) in [4.78, 5) is 9.82. The Morgan fingerprint density at radius 3 is 2.09 bits per heavy atom. The number of para-hydroxylation sites is 1. The lowest BCUT2D eigenvalue weighted by molar-refractivity contribution is 0.418. The SMILES string of the molecule is CC1(C)c2ccccc2Oc2ccc(-c3cc(-c4ccc(C#N)cc4)cc(-c4ccc5ccc6cccnc6c5n4)c3)cc21. The van der Waals surface area contributed by atoms with Crippen LogP contribution in [0, 0.1) is 11.3 Å². The number of nitriles is 1. The number of ether oxygens (including phenoxy) is 1. The van der Waals surface area contributed by atoms with Crippen LogP contribution in [0.5, 0.6) is 11.5 Å². The molecule has 0 spiro atoms. The molecule has 1 aliphatic heterocycles. The van der Waals surface area contributed by atoms with Crippen molar-refractivity contribution < 1.29 is 4.74 Å². The summed E-state index contributed by atoms with van der Waals surface area (Å²) in [6, 6.07) is 43.8. The fourth-order valence-electron chi connectivity index (χ4n) is 6.35. The van der Waals surface area contributed by atoms with Crippen LogP contribution in [-0.4, -0.2) is 9.97 Å². The molecule has 5 aromatic carbocycles. The van der Waals surface area contributed by atoms with Gasteiger partial charge in [-0.05, 0) is 82.9 Å². The number of hydrogen-bond acceptors (Lipinski definition) is 4. The molecule has 4 nitrogen and oxygen atoms in total. The Bertz CT molecular complexity index is 2290. The van der Waals surface area contributed by atoms with Crippen LogP contribution >= 0.6 is 0 Å². The third-order valence-corrected chi connectivity index (χ3v) is 8.77. The molecule has 0 N–H and O–H groups in total. The second-order valence-electron chi connectivity index (χ2n) is 11.8. The number of pyridine rings is 2. The summed E-state index contributed by atoms with van der Waals surface area (Å²) in [5, 5.41) is 11.5. The van der Waals surface area contributed by atoms with Gasteiger partial charge in [0.15, 0.2) is 0 Å². The fraction of sp³-hybridized carbons (Fsp3) is 0.0750. The first kappa shape index (κ1) is 25.9. The van der Waals surface area contributed by atoms with Crippen LogP contribution < -0.4 is 4.74 Å². The summed E-state index contributed by atoms with van der Waals surface area (Å²) >= 11 is 0. The van der Waals surface area contributed by atoms with Crippen molar-refractivity contribution in [1.29, 1.82) is 5.26 Å². The molecule has 0 amide bonds. The van der Waals surface area contributed by atoms with Gasteiger partial charge in [0.2, 0.25) is 0 Å². The van der Waals surface area contributed by atoms with Crippen molar-refractivity contribution in [3.63, 3.8) is 0 Å². The van der Waals surface area contributed by atoms with E-state index < -0.39 is 0 Å². The van der Waals surface area contributed by atoms with Gasteiger partial charge in [-0.1, -0.05) is 74.5 Å². The number of nitrogens with zero attached hydrogens (tertiary/aromatic N) is 3. The second kappa shape index (κ2) is 9.90. The van der Waals surface area contributed by atoms with Gasteiger partial charge in [-0.3, -0.25) is 4.98 Å². The van der Waals surface area contributed by atoms with Gasteiger partial charge in [-0.2, -0.15) is 5.26 Å². The number of hydrogen-bond donors (Lipinski definition) is 0. The average Bonchev–Trinajstić information content (AvgIpc) is 3.08. The summed E-state index contributed by atoms with van der Waals surface area (Å²) in [6.45, 7) is 4.51. The van der Waals surface area contributed by atoms with E-state index in [4.69, 9.17) is 9.72 Å². The van der Waals surface area contributed by atoms with Crippen LogP contribution in [0.1, 0.15) is 30.5 Å². The summed E-state index contributed by atoms with van der Waals surface area (Å²) in [5.41, 5.74) is 10.7. The van der Waals surface area contributed by atoms with Gasteiger partial charge >= 0.3 is 0 Å². The highest BCUT2D eigenvalue weighted by atomic mass is 16.5. The molecule has 3 heterocycles. The van der Waals surface area contributed by atoms with Gasteiger partial charge in [0.1, 0.15) is 11.5 Å². The van der Waals surface area contributed by atoms with Crippen molar-refractivity contribution in [3.8, 4) is 51.1 Å². The molecule has 0 bridgehead atoms. The van der Waals surface area contributed by atoms with Crippen molar-refractivity contribution in [3.05, 3.63) is 144 Å². The van der Waals surface area contributed by atoms with E-state index in [1.807, 2.05) is 48.7 Å². The Morgan fingerprint density at radius 1 is 0.591 bits per heavy atom. The van der Waals surface area contributed by atoms with E-state index in [1.54, 1.807) is 0 Å². The van der Waals surface area contributed by atoms with Crippen LogP contribution in [0.2, 0.25) is 0 Å². The number of rotatable bonds is 3. The third kappa shape index (κ3) is 4.21. The monoisotopic (exact) mass is 565 g/mol. The first-order valence-corrected chi connectivity index (χ1v) is 14.7. The van der Waals surface area contributed by atoms with Gasteiger partial charge in [0, 0.05) is 39.1 Å². The lowest BCUT2D eigenvalue weighted by Gasteiger charge is -2.34. The molecule has 8 rings (SSSR count). The van der Waals surface area contributed by atoms with E-state index in [2.05, 4.69) is 104 Å². The maximum Gasteiger partial charge on any atom is 0.131 e. The van der Waals surface area contributed by atoms with Crippen molar-refractivity contribution >= 4 is 21.8 Å². The quantitative estimate of drug-likeness (QED) is 0.200. The van der Waals surface area contributed by atoms with Crippen LogP contribution in [0.25, 0.3) is 55.3 Å². The second-order valence-corrected chi connectivity index (χ2v) is 11.8. The molecule has 1 aliphatic rings. The first-order valence-electron chi connectivity index (χ1n) is 14.7. The molecule has 0 aliphatic carbocycles. The Balaban J connectivity index is 1.32. The molecule has 4 heteroatoms. The Labute approximate surface area is 255 Å². The maximum atomic E-state index is 9.37. The smallest absolute Gasteiger partial charge is 0.131 e. The van der Waals surface area contributed by atoms with Crippen LogP contribution in [0.15, 0.2) is 128 Å². The van der Waals surface area contributed by atoms with Crippen molar-refractivity contribution in [2.24, 2.45) is 0 Å². The molecular weight excluding hydrogens is 538 g/mol. The molecule has 0 atom stereocenters. The zero-order valence-corrected chi connectivity index (χ0v) is 24.4. The van der Waals surface area contributed by atoms with E-state index in [-0.39, 0.29) is 5.41 Å². The minimum atomic E-state index is -0.221. The van der Waals surface area contributed by atoms with E-state index in [9.17, 15) is 5.26 Å². The predicted molar refractivity (Wildman–Crippen MR) is 177 cm³/mol. The first-order chi connectivity index (χ1) is 21.5. The molecule has 0 unspecified atom stereocenters. The Hall–Kier alpha value is -5.79. The van der Waals surface area contributed by atoms with Gasteiger partial charge in [0.25, 0.3) is 0 Å². The lowest BCUT2D eigenvalue weighted by atomic mass is 9.75. The topological polar surface area (TPSA) is 58.8 Å². The average molecular weight is 566 g/mol. The van der Waals surface area contributed by atoms with Gasteiger partial charge < -0.3 is 4.74 Å². The molecule has 0 saturated carbocycles. The largest absolute Gasteiger partial charge is 0.457 e. The lowest BCUT2D eigenvalue weighted by Crippen LogP contribution is -2.24. The zero-order chi connectivity index (χ0) is 29.8. The minimum Gasteiger partial charge on any atom is -0.457 e. The predicted octanol–water partition coefficient (Wildman–Crippen LogP) is 10.1. The fourth-order valence-corrected chi connectivity index (χ4v) is 6.35.